The van der Waals surface area contributed by atoms with Gasteiger partial charge in [0.05, 0.1) is 17.7 Å². The summed E-state index contributed by atoms with van der Waals surface area (Å²) in [5, 5.41) is 10.4. The van der Waals surface area contributed by atoms with Gasteiger partial charge in [0.2, 0.25) is 9.47 Å². The number of nitrogens with zero attached hydrogens (tertiary/aromatic N) is 2. The topological polar surface area (TPSA) is 110 Å². The van der Waals surface area contributed by atoms with Gasteiger partial charge in [0, 0.05) is 11.6 Å². The summed E-state index contributed by atoms with van der Waals surface area (Å²) >= 11 is 12.5. The van der Waals surface area contributed by atoms with Gasteiger partial charge in [-0.3, -0.25) is 10.1 Å². The number of benzene rings is 2. The first-order valence-electron chi connectivity index (χ1n) is 8.51. The molecule has 0 aliphatic heterocycles. The number of hydrogen-bond donors (Lipinski definition) is 2. The normalized spacial score (nSPS) is 11.3. The molecule has 0 saturated carbocycles. The predicted molar refractivity (Wildman–Crippen MR) is 116 cm³/mol. The Hall–Kier alpha value is -2.24. The zero-order valence-corrected chi connectivity index (χ0v) is 18.7. The van der Waals surface area contributed by atoms with Gasteiger partial charge < -0.3 is 4.74 Å². The summed E-state index contributed by atoms with van der Waals surface area (Å²) in [6.45, 7) is 0.177. The Morgan fingerprint density at radius 2 is 1.87 bits per heavy atom. The van der Waals surface area contributed by atoms with E-state index in [1.165, 1.54) is 18.2 Å². The van der Waals surface area contributed by atoms with Crippen molar-refractivity contribution < 1.29 is 17.9 Å². The van der Waals surface area contributed by atoms with Crippen molar-refractivity contribution in [2.75, 3.05) is 19.0 Å². The predicted octanol–water partition coefficient (Wildman–Crippen LogP) is 3.63. The van der Waals surface area contributed by atoms with E-state index in [-0.39, 0.29) is 26.6 Å². The second-order valence-electron chi connectivity index (χ2n) is 5.95. The van der Waals surface area contributed by atoms with Crippen molar-refractivity contribution in [1.82, 2.24) is 14.9 Å². The van der Waals surface area contributed by atoms with E-state index in [0.717, 1.165) is 22.6 Å². The van der Waals surface area contributed by atoms with Gasteiger partial charge in [-0.2, -0.15) is 0 Å². The Balaban J connectivity index is 1.60. The lowest BCUT2D eigenvalue weighted by Crippen LogP contribution is -2.25. The standard InChI is InChI=1S/C18H16Cl2N4O4S2/c1-28-13-5-2-11(3-6-13)8-9-21-30(26,27)18-24-23-17(29-18)22-16(25)14-7-4-12(19)10-15(14)20/h2-7,10,21H,8-9H2,1H3,(H,22,23,25). The molecule has 8 nitrogen and oxygen atoms in total. The number of methoxy groups -OCH3 is 1. The summed E-state index contributed by atoms with van der Waals surface area (Å²) in [6.07, 6.45) is 0.487. The SMILES string of the molecule is COc1ccc(CCNS(=O)(=O)c2nnc(NC(=O)c3ccc(Cl)cc3Cl)s2)cc1. The molecular formula is C18H16Cl2N4O4S2. The third-order valence-corrected chi connectivity index (χ3v) is 7.11. The summed E-state index contributed by atoms with van der Waals surface area (Å²) in [5.74, 6) is 0.173. The fourth-order valence-corrected chi connectivity index (χ4v) is 4.85. The Kier molecular flexibility index (Phi) is 7.27. The summed E-state index contributed by atoms with van der Waals surface area (Å²) in [6, 6.07) is 11.7. The van der Waals surface area contributed by atoms with Gasteiger partial charge in [-0.25, -0.2) is 13.1 Å². The van der Waals surface area contributed by atoms with E-state index in [1.54, 1.807) is 19.2 Å². The van der Waals surface area contributed by atoms with E-state index in [9.17, 15) is 13.2 Å². The first-order valence-corrected chi connectivity index (χ1v) is 11.6. The molecule has 0 aliphatic rings. The molecule has 158 valence electrons. The first kappa shape index (κ1) is 22.4. The van der Waals surface area contributed by atoms with Crippen molar-refractivity contribution in [2.24, 2.45) is 0 Å². The molecule has 0 atom stereocenters. The minimum atomic E-state index is -3.86. The molecule has 0 bridgehead atoms. The third-order valence-electron chi connectivity index (χ3n) is 3.90. The van der Waals surface area contributed by atoms with Crippen molar-refractivity contribution in [3.8, 4) is 5.75 Å². The van der Waals surface area contributed by atoms with Crippen LogP contribution in [0.3, 0.4) is 0 Å². The number of hydrogen-bond acceptors (Lipinski definition) is 7. The number of sulfonamides is 1. The number of ether oxygens (including phenoxy) is 1. The Bertz CT molecular complexity index is 1150. The summed E-state index contributed by atoms with van der Waals surface area (Å²) in [5.41, 5.74) is 1.13. The zero-order chi connectivity index (χ0) is 21.7. The van der Waals surface area contributed by atoms with E-state index in [4.69, 9.17) is 27.9 Å². The molecule has 3 aromatic rings. The summed E-state index contributed by atoms with van der Waals surface area (Å²) in [7, 11) is -2.29. The second-order valence-corrected chi connectivity index (χ2v) is 9.71. The smallest absolute Gasteiger partial charge is 0.269 e. The average molecular weight is 487 g/mol. The molecule has 1 aromatic heterocycles. The number of halogens is 2. The lowest BCUT2D eigenvalue weighted by Gasteiger charge is -2.05. The van der Waals surface area contributed by atoms with Crippen LogP contribution in [0.15, 0.2) is 46.8 Å². The number of rotatable bonds is 8. The minimum absolute atomic E-state index is 0.0292. The number of anilines is 1. The van der Waals surface area contributed by atoms with Crippen molar-refractivity contribution in [3.63, 3.8) is 0 Å². The Labute approximate surface area is 187 Å². The van der Waals surface area contributed by atoms with Crippen LogP contribution in [0.1, 0.15) is 15.9 Å². The Morgan fingerprint density at radius 1 is 1.13 bits per heavy atom. The second kappa shape index (κ2) is 9.71. The highest BCUT2D eigenvalue weighted by molar-refractivity contribution is 7.91. The van der Waals surface area contributed by atoms with Crippen LogP contribution >= 0.6 is 34.5 Å². The van der Waals surface area contributed by atoms with Crippen LogP contribution in [0.5, 0.6) is 5.75 Å². The molecule has 12 heteroatoms. The molecule has 0 saturated heterocycles. The minimum Gasteiger partial charge on any atom is -0.497 e. The molecule has 0 aliphatic carbocycles. The highest BCUT2D eigenvalue weighted by Crippen LogP contribution is 2.24. The molecule has 0 unspecified atom stereocenters. The lowest BCUT2D eigenvalue weighted by molar-refractivity contribution is 0.102. The largest absolute Gasteiger partial charge is 0.497 e. The van der Waals surface area contributed by atoms with Gasteiger partial charge >= 0.3 is 0 Å². The van der Waals surface area contributed by atoms with Crippen LogP contribution in [0.2, 0.25) is 10.0 Å². The molecule has 2 aromatic carbocycles. The van der Waals surface area contributed by atoms with E-state index in [2.05, 4.69) is 20.2 Å². The Morgan fingerprint density at radius 3 is 2.53 bits per heavy atom. The average Bonchev–Trinajstić information content (AvgIpc) is 3.18. The molecule has 0 fully saturated rings. The van der Waals surface area contributed by atoms with Crippen molar-refractivity contribution >= 4 is 55.6 Å². The van der Waals surface area contributed by atoms with Crippen LogP contribution in [0, 0.1) is 0 Å². The maximum absolute atomic E-state index is 12.4. The van der Waals surface area contributed by atoms with Crippen molar-refractivity contribution in [3.05, 3.63) is 63.6 Å². The molecule has 2 N–H and O–H groups in total. The summed E-state index contributed by atoms with van der Waals surface area (Å²) in [4.78, 5) is 12.3. The first-order chi connectivity index (χ1) is 14.3. The molecule has 3 rings (SSSR count). The molecule has 1 amide bonds. The van der Waals surface area contributed by atoms with Crippen LogP contribution < -0.4 is 14.8 Å². The number of aromatic nitrogens is 2. The molecule has 1 heterocycles. The maximum Gasteiger partial charge on any atom is 0.269 e. The fraction of sp³-hybridized carbons (Fsp3) is 0.167. The lowest BCUT2D eigenvalue weighted by atomic mass is 10.1. The van der Waals surface area contributed by atoms with Crippen molar-refractivity contribution in [1.29, 1.82) is 0 Å². The van der Waals surface area contributed by atoms with Crippen LogP contribution in [-0.2, 0) is 16.4 Å². The van der Waals surface area contributed by atoms with Crippen LogP contribution in [0.25, 0.3) is 0 Å². The van der Waals surface area contributed by atoms with E-state index in [0.29, 0.717) is 11.4 Å². The van der Waals surface area contributed by atoms with Gasteiger partial charge in [-0.05, 0) is 42.3 Å². The fourth-order valence-electron chi connectivity index (χ4n) is 2.39. The zero-order valence-electron chi connectivity index (χ0n) is 15.6. The van der Waals surface area contributed by atoms with Gasteiger partial charge in [0.15, 0.2) is 0 Å². The van der Waals surface area contributed by atoms with Gasteiger partial charge in [0.1, 0.15) is 5.75 Å². The highest BCUT2D eigenvalue weighted by atomic mass is 35.5. The molecule has 30 heavy (non-hydrogen) atoms. The number of carbonyl (C=O) groups is 1. The van der Waals surface area contributed by atoms with E-state index in [1.807, 2.05) is 12.1 Å². The van der Waals surface area contributed by atoms with E-state index >= 15 is 0 Å². The van der Waals surface area contributed by atoms with Crippen LogP contribution in [0.4, 0.5) is 5.13 Å². The molecular weight excluding hydrogens is 471 g/mol. The maximum atomic E-state index is 12.4. The quantitative estimate of drug-likeness (QED) is 0.470. The molecule has 0 spiro atoms. The number of nitrogens with one attached hydrogen (secondary N) is 2. The number of carbonyl (C=O) groups excluding carboxylic acids is 1. The molecule has 0 radical (unpaired) electrons. The van der Waals surface area contributed by atoms with Crippen LogP contribution in [-0.4, -0.2) is 38.2 Å². The van der Waals surface area contributed by atoms with Gasteiger partial charge in [-0.1, -0.05) is 46.7 Å². The number of amides is 1. The monoisotopic (exact) mass is 486 g/mol. The summed E-state index contributed by atoms with van der Waals surface area (Å²) < 4.78 is 32.1. The third kappa shape index (κ3) is 5.67. The highest BCUT2D eigenvalue weighted by Gasteiger charge is 2.21. The van der Waals surface area contributed by atoms with Gasteiger partial charge in [-0.15, -0.1) is 10.2 Å². The van der Waals surface area contributed by atoms with Crippen molar-refractivity contribution in [2.45, 2.75) is 10.8 Å². The van der Waals surface area contributed by atoms with E-state index < -0.39 is 15.9 Å². The van der Waals surface area contributed by atoms with Gasteiger partial charge in [0.25, 0.3) is 15.9 Å².